The van der Waals surface area contributed by atoms with Crippen LogP contribution in [0.1, 0.15) is 40.7 Å². The van der Waals surface area contributed by atoms with E-state index in [1.807, 2.05) is 12.1 Å². The molecule has 0 atom stereocenters. The lowest BCUT2D eigenvalue weighted by Crippen LogP contribution is -2.48. The second kappa shape index (κ2) is 4.94. The van der Waals surface area contributed by atoms with Crippen LogP contribution in [0.2, 0.25) is 0 Å². The number of amides is 1. The molecule has 1 amide bonds. The lowest BCUT2D eigenvalue weighted by Gasteiger charge is -2.36. The zero-order valence-electron chi connectivity index (χ0n) is 11.0. The van der Waals surface area contributed by atoms with Gasteiger partial charge in [-0.3, -0.25) is 4.79 Å². The number of aliphatic hydroxyl groups is 1. The number of hydrogen-bond donors (Lipinski definition) is 3. The molecule has 4 heteroatoms. The summed E-state index contributed by atoms with van der Waals surface area (Å²) in [5, 5.41) is 16.2. The first-order valence-electron chi connectivity index (χ1n) is 7.00. The van der Waals surface area contributed by atoms with Crippen LogP contribution in [0, 0.1) is 0 Å². The van der Waals surface area contributed by atoms with Gasteiger partial charge in [0.15, 0.2) is 0 Å². The Morgan fingerprint density at radius 1 is 1.42 bits per heavy atom. The van der Waals surface area contributed by atoms with Crippen LogP contribution >= 0.6 is 0 Å². The first-order chi connectivity index (χ1) is 9.18. The number of nitrogens with one attached hydrogen (secondary N) is 2. The SMILES string of the molecule is O=C(NCC1(O)CCC1)c1cccc2c1CCNC2. The highest BCUT2D eigenvalue weighted by atomic mass is 16.3. The minimum Gasteiger partial charge on any atom is -0.388 e. The minimum absolute atomic E-state index is 0.0564. The number of fused-ring (bicyclic) bond motifs is 1. The van der Waals surface area contributed by atoms with Crippen molar-refractivity contribution in [2.24, 2.45) is 0 Å². The van der Waals surface area contributed by atoms with Crippen LogP contribution in [-0.2, 0) is 13.0 Å². The molecule has 4 nitrogen and oxygen atoms in total. The smallest absolute Gasteiger partial charge is 0.251 e. The van der Waals surface area contributed by atoms with Crippen LogP contribution in [0.25, 0.3) is 0 Å². The Bertz CT molecular complexity index is 495. The van der Waals surface area contributed by atoms with E-state index in [9.17, 15) is 9.90 Å². The van der Waals surface area contributed by atoms with Gasteiger partial charge in [0.2, 0.25) is 0 Å². The Morgan fingerprint density at radius 3 is 3.00 bits per heavy atom. The molecule has 1 aliphatic carbocycles. The summed E-state index contributed by atoms with van der Waals surface area (Å²) in [6, 6.07) is 5.88. The lowest BCUT2D eigenvalue weighted by atomic mass is 9.80. The van der Waals surface area contributed by atoms with Crippen LogP contribution in [0.3, 0.4) is 0 Å². The number of rotatable bonds is 3. The molecule has 0 bridgehead atoms. The highest BCUT2D eigenvalue weighted by molar-refractivity contribution is 5.96. The molecular formula is C15H20N2O2. The van der Waals surface area contributed by atoms with Crippen molar-refractivity contribution < 1.29 is 9.90 Å². The monoisotopic (exact) mass is 260 g/mol. The summed E-state index contributed by atoms with van der Waals surface area (Å²) in [6.07, 6.45) is 3.54. The van der Waals surface area contributed by atoms with Crippen LogP contribution in [0.4, 0.5) is 0 Å². The molecule has 0 unspecified atom stereocenters. The van der Waals surface area contributed by atoms with Gasteiger partial charge in [-0.05, 0) is 49.4 Å². The van der Waals surface area contributed by atoms with Crippen LogP contribution in [0.15, 0.2) is 18.2 Å². The maximum atomic E-state index is 12.3. The van der Waals surface area contributed by atoms with Crippen molar-refractivity contribution in [3.8, 4) is 0 Å². The summed E-state index contributed by atoms with van der Waals surface area (Å²) < 4.78 is 0. The molecule has 102 valence electrons. The molecular weight excluding hydrogens is 240 g/mol. The van der Waals surface area contributed by atoms with Gasteiger partial charge in [-0.15, -0.1) is 0 Å². The van der Waals surface area contributed by atoms with Gasteiger partial charge in [-0.2, -0.15) is 0 Å². The zero-order valence-corrected chi connectivity index (χ0v) is 11.0. The average molecular weight is 260 g/mol. The summed E-state index contributed by atoms with van der Waals surface area (Å²) in [5.41, 5.74) is 2.47. The lowest BCUT2D eigenvalue weighted by molar-refractivity contribution is -0.0300. The molecule has 1 heterocycles. The highest BCUT2D eigenvalue weighted by Crippen LogP contribution is 2.30. The van der Waals surface area contributed by atoms with E-state index < -0.39 is 5.60 Å². The summed E-state index contributed by atoms with van der Waals surface area (Å²) in [6.45, 7) is 2.12. The van der Waals surface area contributed by atoms with Crippen molar-refractivity contribution in [1.29, 1.82) is 0 Å². The van der Waals surface area contributed by atoms with E-state index in [4.69, 9.17) is 0 Å². The first kappa shape index (κ1) is 12.6. The minimum atomic E-state index is -0.661. The fourth-order valence-electron chi connectivity index (χ4n) is 2.85. The van der Waals surface area contributed by atoms with Crippen molar-refractivity contribution >= 4 is 5.91 Å². The molecule has 0 aromatic heterocycles. The van der Waals surface area contributed by atoms with Crippen molar-refractivity contribution in [3.63, 3.8) is 0 Å². The van der Waals surface area contributed by atoms with Gasteiger partial charge < -0.3 is 15.7 Å². The van der Waals surface area contributed by atoms with Gasteiger partial charge in [0.25, 0.3) is 5.91 Å². The average Bonchev–Trinajstić information content (AvgIpc) is 2.42. The molecule has 1 aromatic rings. The molecule has 0 saturated heterocycles. The third kappa shape index (κ3) is 2.51. The van der Waals surface area contributed by atoms with Gasteiger partial charge >= 0.3 is 0 Å². The number of hydrogen-bond acceptors (Lipinski definition) is 3. The Hall–Kier alpha value is -1.39. The Labute approximate surface area is 113 Å². The Morgan fingerprint density at radius 2 is 2.26 bits per heavy atom. The molecule has 19 heavy (non-hydrogen) atoms. The van der Waals surface area contributed by atoms with Gasteiger partial charge in [-0.1, -0.05) is 12.1 Å². The van der Waals surface area contributed by atoms with E-state index in [1.54, 1.807) is 0 Å². The van der Waals surface area contributed by atoms with Gasteiger partial charge in [-0.25, -0.2) is 0 Å². The third-order valence-corrected chi connectivity index (χ3v) is 4.25. The summed E-state index contributed by atoms with van der Waals surface area (Å²) in [5.74, 6) is -0.0564. The second-order valence-corrected chi connectivity index (χ2v) is 5.63. The van der Waals surface area contributed by atoms with Crippen molar-refractivity contribution in [2.75, 3.05) is 13.1 Å². The topological polar surface area (TPSA) is 61.4 Å². The molecule has 1 fully saturated rings. The maximum Gasteiger partial charge on any atom is 0.251 e. The number of carbonyl (C=O) groups is 1. The molecule has 1 saturated carbocycles. The van der Waals surface area contributed by atoms with Crippen LogP contribution in [0.5, 0.6) is 0 Å². The number of benzene rings is 1. The van der Waals surface area contributed by atoms with E-state index in [1.165, 1.54) is 5.56 Å². The summed E-state index contributed by atoms with van der Waals surface area (Å²) in [4.78, 5) is 12.3. The van der Waals surface area contributed by atoms with Gasteiger partial charge in [0.05, 0.1) is 5.60 Å². The van der Waals surface area contributed by atoms with Crippen molar-refractivity contribution in [1.82, 2.24) is 10.6 Å². The van der Waals surface area contributed by atoms with E-state index in [-0.39, 0.29) is 5.91 Å². The van der Waals surface area contributed by atoms with Gasteiger partial charge in [0, 0.05) is 18.7 Å². The summed E-state index contributed by atoms with van der Waals surface area (Å²) in [7, 11) is 0. The summed E-state index contributed by atoms with van der Waals surface area (Å²) >= 11 is 0. The fourth-order valence-corrected chi connectivity index (χ4v) is 2.85. The largest absolute Gasteiger partial charge is 0.388 e. The normalized spacial score (nSPS) is 20.3. The van der Waals surface area contributed by atoms with Crippen LogP contribution < -0.4 is 10.6 Å². The molecule has 2 aliphatic rings. The van der Waals surface area contributed by atoms with E-state index in [0.717, 1.165) is 49.9 Å². The van der Waals surface area contributed by atoms with E-state index in [2.05, 4.69) is 16.7 Å². The molecule has 1 aliphatic heterocycles. The first-order valence-corrected chi connectivity index (χ1v) is 7.00. The predicted molar refractivity (Wildman–Crippen MR) is 73.0 cm³/mol. The predicted octanol–water partition coefficient (Wildman–Crippen LogP) is 0.977. The highest BCUT2D eigenvalue weighted by Gasteiger charge is 2.34. The molecule has 3 rings (SSSR count). The van der Waals surface area contributed by atoms with Crippen molar-refractivity contribution in [3.05, 3.63) is 34.9 Å². The Kier molecular flexibility index (Phi) is 3.29. The Balaban J connectivity index is 1.72. The van der Waals surface area contributed by atoms with Crippen molar-refractivity contribution in [2.45, 2.75) is 37.8 Å². The van der Waals surface area contributed by atoms with Gasteiger partial charge in [0.1, 0.15) is 0 Å². The van der Waals surface area contributed by atoms with E-state index >= 15 is 0 Å². The zero-order chi connectivity index (χ0) is 13.3. The molecule has 1 aromatic carbocycles. The standard InChI is InChI=1S/C15H20N2O2/c18-14(17-10-15(19)6-2-7-15)13-4-1-3-11-9-16-8-5-12(11)13/h1,3-4,16,19H,2,5-10H2,(H,17,18). The third-order valence-electron chi connectivity index (χ3n) is 4.25. The quantitative estimate of drug-likeness (QED) is 0.759. The fraction of sp³-hybridized carbons (Fsp3) is 0.533. The molecule has 3 N–H and O–H groups in total. The van der Waals surface area contributed by atoms with Crippen LogP contribution in [-0.4, -0.2) is 29.7 Å². The molecule has 0 spiro atoms. The second-order valence-electron chi connectivity index (χ2n) is 5.63. The maximum absolute atomic E-state index is 12.3. The molecule has 0 radical (unpaired) electrons. The number of carbonyl (C=O) groups excluding carboxylic acids is 1. The van der Waals surface area contributed by atoms with E-state index in [0.29, 0.717) is 6.54 Å².